The zero-order valence-electron chi connectivity index (χ0n) is 11.0. The summed E-state index contributed by atoms with van der Waals surface area (Å²) in [5, 5.41) is 23.1. The molecule has 0 aromatic rings. The van der Waals surface area contributed by atoms with Crippen LogP contribution >= 0.6 is 0 Å². The Morgan fingerprint density at radius 2 is 1.74 bits per heavy atom. The number of hydrogen-bond donors (Lipinski definition) is 1. The molecular weight excluding hydrogens is 252 g/mol. The lowest BCUT2D eigenvalue weighted by Gasteiger charge is -2.25. The van der Waals surface area contributed by atoms with Gasteiger partial charge >= 0.3 is 0 Å². The molecule has 6 heteroatoms. The van der Waals surface area contributed by atoms with Gasteiger partial charge in [0, 0.05) is 0 Å². The Morgan fingerprint density at radius 3 is 2.63 bits per heavy atom. The molecule has 110 valence electrons. The van der Waals surface area contributed by atoms with Crippen molar-refractivity contribution in [1.82, 2.24) is 0 Å². The molecule has 0 aliphatic heterocycles. The van der Waals surface area contributed by atoms with Crippen LogP contribution in [0.1, 0.15) is 44.9 Å². The topological polar surface area (TPSA) is 66.4 Å². The molecule has 6 nitrogen and oxygen atoms in total. The van der Waals surface area contributed by atoms with Crippen LogP contribution in [0.4, 0.5) is 0 Å². The normalized spacial score (nSPS) is 41.2. The van der Waals surface area contributed by atoms with E-state index in [4.69, 9.17) is 10.1 Å². The van der Waals surface area contributed by atoms with Crippen LogP contribution in [0.5, 0.6) is 0 Å². The van der Waals surface area contributed by atoms with Crippen molar-refractivity contribution in [3.05, 3.63) is 0 Å². The SMILES string of the molecule is OOOOOOCC1CC2CCC3CCCCC1C32. The lowest BCUT2D eigenvalue weighted by Crippen LogP contribution is -2.22. The summed E-state index contributed by atoms with van der Waals surface area (Å²) in [5.41, 5.74) is 0. The average Bonchev–Trinajstić information content (AvgIpc) is 2.87. The second kappa shape index (κ2) is 6.47. The first kappa shape index (κ1) is 13.7. The minimum Gasteiger partial charge on any atom is -0.219 e. The maximum atomic E-state index is 7.85. The van der Waals surface area contributed by atoms with Crippen LogP contribution in [-0.4, -0.2) is 11.9 Å². The van der Waals surface area contributed by atoms with Gasteiger partial charge in [-0.1, -0.05) is 19.3 Å². The molecule has 3 aliphatic rings. The van der Waals surface area contributed by atoms with Gasteiger partial charge in [-0.2, -0.15) is 0 Å². The Bertz CT molecular complexity index is 286. The van der Waals surface area contributed by atoms with E-state index in [1.54, 1.807) is 0 Å². The smallest absolute Gasteiger partial charge is 0.0885 e. The van der Waals surface area contributed by atoms with E-state index in [0.717, 1.165) is 23.7 Å². The molecular formula is C13H22O6. The summed E-state index contributed by atoms with van der Waals surface area (Å²) in [5.74, 6) is 4.08. The van der Waals surface area contributed by atoms with Crippen molar-refractivity contribution < 1.29 is 30.3 Å². The van der Waals surface area contributed by atoms with Crippen molar-refractivity contribution in [2.24, 2.45) is 29.6 Å². The van der Waals surface area contributed by atoms with Crippen LogP contribution in [0.3, 0.4) is 0 Å². The second-order valence-electron chi connectivity index (χ2n) is 6.18. The Balaban J connectivity index is 1.50. The van der Waals surface area contributed by atoms with Crippen LogP contribution in [0.25, 0.3) is 0 Å². The monoisotopic (exact) mass is 274 g/mol. The molecule has 0 radical (unpaired) electrons. The molecule has 5 unspecified atom stereocenters. The fourth-order valence-corrected chi connectivity index (χ4v) is 4.95. The van der Waals surface area contributed by atoms with E-state index in [2.05, 4.69) is 20.2 Å². The third-order valence-electron chi connectivity index (χ3n) is 5.48. The largest absolute Gasteiger partial charge is 0.219 e. The van der Waals surface area contributed by atoms with E-state index >= 15 is 0 Å². The molecule has 0 bridgehead atoms. The van der Waals surface area contributed by atoms with Crippen molar-refractivity contribution in [2.45, 2.75) is 44.9 Å². The van der Waals surface area contributed by atoms with Crippen LogP contribution in [-0.2, 0) is 25.0 Å². The van der Waals surface area contributed by atoms with Gasteiger partial charge in [0.2, 0.25) is 0 Å². The van der Waals surface area contributed by atoms with Crippen LogP contribution < -0.4 is 0 Å². The van der Waals surface area contributed by atoms with Gasteiger partial charge in [0.1, 0.15) is 0 Å². The number of hydrogen-bond acceptors (Lipinski definition) is 6. The fourth-order valence-electron chi connectivity index (χ4n) is 4.95. The third kappa shape index (κ3) is 2.94. The van der Waals surface area contributed by atoms with Gasteiger partial charge < -0.3 is 0 Å². The van der Waals surface area contributed by atoms with Gasteiger partial charge in [-0.05, 0) is 75.4 Å². The van der Waals surface area contributed by atoms with E-state index in [0.29, 0.717) is 12.5 Å². The van der Waals surface area contributed by atoms with E-state index in [1.165, 1.54) is 44.9 Å². The van der Waals surface area contributed by atoms with Gasteiger partial charge in [-0.15, -0.1) is 0 Å². The lowest BCUT2D eigenvalue weighted by atomic mass is 9.81. The molecule has 3 fully saturated rings. The molecule has 3 saturated carbocycles. The van der Waals surface area contributed by atoms with Crippen LogP contribution in [0, 0.1) is 29.6 Å². The lowest BCUT2D eigenvalue weighted by molar-refractivity contribution is -0.753. The highest BCUT2D eigenvalue weighted by Crippen LogP contribution is 2.57. The van der Waals surface area contributed by atoms with Crippen LogP contribution in [0.15, 0.2) is 0 Å². The maximum absolute atomic E-state index is 7.85. The van der Waals surface area contributed by atoms with E-state index < -0.39 is 0 Å². The highest BCUT2D eigenvalue weighted by molar-refractivity contribution is 4.99. The van der Waals surface area contributed by atoms with Gasteiger partial charge in [0.05, 0.1) is 6.61 Å². The van der Waals surface area contributed by atoms with Crippen molar-refractivity contribution in [2.75, 3.05) is 6.61 Å². The number of rotatable bonds is 6. The van der Waals surface area contributed by atoms with Crippen LogP contribution in [0.2, 0.25) is 0 Å². The Hall–Kier alpha value is -0.240. The molecule has 1 N–H and O–H groups in total. The molecule has 5 atom stereocenters. The quantitative estimate of drug-likeness (QED) is 0.456. The van der Waals surface area contributed by atoms with E-state index in [9.17, 15) is 0 Å². The predicted molar refractivity (Wildman–Crippen MR) is 62.7 cm³/mol. The summed E-state index contributed by atoms with van der Waals surface area (Å²) < 4.78 is 0. The molecule has 0 amide bonds. The fraction of sp³-hybridized carbons (Fsp3) is 1.00. The summed E-state index contributed by atoms with van der Waals surface area (Å²) in [7, 11) is 0. The standard InChI is InChI=1S/C13H22O6/c14-16-18-19-17-15-8-11-7-10-6-5-9-3-1-2-4-12(11)13(9)10/h9-14H,1-8H2. The van der Waals surface area contributed by atoms with Crippen molar-refractivity contribution in [3.8, 4) is 0 Å². The highest BCUT2D eigenvalue weighted by atomic mass is 17.8. The molecule has 0 aromatic carbocycles. The summed E-state index contributed by atoms with van der Waals surface area (Å²) in [6, 6.07) is 0. The molecule has 19 heavy (non-hydrogen) atoms. The molecule has 0 aromatic heterocycles. The van der Waals surface area contributed by atoms with Gasteiger partial charge in [0.15, 0.2) is 0 Å². The van der Waals surface area contributed by atoms with E-state index in [1.807, 2.05) is 0 Å². The second-order valence-corrected chi connectivity index (χ2v) is 6.18. The van der Waals surface area contributed by atoms with Gasteiger partial charge in [-0.25, -0.2) is 10.1 Å². The first-order valence-electron chi connectivity index (χ1n) is 7.33. The van der Waals surface area contributed by atoms with E-state index in [-0.39, 0.29) is 0 Å². The highest BCUT2D eigenvalue weighted by Gasteiger charge is 2.50. The molecule has 0 saturated heterocycles. The minimum absolute atomic E-state index is 0.513. The Labute approximate surface area is 112 Å². The molecule has 0 heterocycles. The maximum Gasteiger partial charge on any atom is 0.0885 e. The molecule has 0 spiro atoms. The zero-order valence-corrected chi connectivity index (χ0v) is 11.0. The van der Waals surface area contributed by atoms with Crippen molar-refractivity contribution >= 4 is 0 Å². The predicted octanol–water partition coefficient (Wildman–Crippen LogP) is 3.05. The summed E-state index contributed by atoms with van der Waals surface area (Å²) in [6.45, 7) is 0.513. The third-order valence-corrected chi connectivity index (χ3v) is 5.48. The summed E-state index contributed by atoms with van der Waals surface area (Å²) in [6.07, 6.45) is 9.54. The Morgan fingerprint density at radius 1 is 0.895 bits per heavy atom. The average molecular weight is 274 g/mol. The zero-order chi connectivity index (χ0) is 13.1. The van der Waals surface area contributed by atoms with Crippen molar-refractivity contribution in [3.63, 3.8) is 0 Å². The first-order valence-corrected chi connectivity index (χ1v) is 7.33. The minimum atomic E-state index is 0.513. The first-order chi connectivity index (χ1) is 9.40. The molecule has 3 aliphatic carbocycles. The van der Waals surface area contributed by atoms with Gasteiger partial charge in [0.25, 0.3) is 0 Å². The summed E-state index contributed by atoms with van der Waals surface area (Å²) in [4.78, 5) is 4.98. The molecule has 3 rings (SSSR count). The van der Waals surface area contributed by atoms with Gasteiger partial charge in [-0.3, -0.25) is 0 Å². The Kier molecular flexibility index (Phi) is 4.68. The summed E-state index contributed by atoms with van der Waals surface area (Å²) >= 11 is 0. The van der Waals surface area contributed by atoms with Crippen molar-refractivity contribution in [1.29, 1.82) is 0 Å².